The van der Waals surface area contributed by atoms with E-state index in [0.29, 0.717) is 28.5 Å². The van der Waals surface area contributed by atoms with Gasteiger partial charge >= 0.3 is 5.97 Å². The van der Waals surface area contributed by atoms with E-state index in [2.05, 4.69) is 11.4 Å². The Morgan fingerprint density at radius 1 is 1.18 bits per heavy atom. The second-order valence-corrected chi connectivity index (χ2v) is 7.57. The number of anilines is 1. The molecule has 0 saturated carbocycles. The first-order chi connectivity index (χ1) is 13.6. The van der Waals surface area contributed by atoms with E-state index in [1.54, 1.807) is 24.3 Å². The molecule has 1 aliphatic carbocycles. The highest BCUT2D eigenvalue weighted by Gasteiger charge is 2.21. The summed E-state index contributed by atoms with van der Waals surface area (Å²) in [5, 5.41) is 12.8. The van der Waals surface area contributed by atoms with Crippen LogP contribution in [0.5, 0.6) is 5.75 Å². The summed E-state index contributed by atoms with van der Waals surface area (Å²) >= 11 is 1.46. The van der Waals surface area contributed by atoms with Gasteiger partial charge in [0.05, 0.1) is 17.7 Å². The van der Waals surface area contributed by atoms with Crippen molar-refractivity contribution in [2.24, 2.45) is 0 Å². The Bertz CT molecular complexity index is 896. The standard InChI is InChI=1S/C21H22N2O4S/c1-2-26-15-10-8-14(9-11-15)21(25)27-13-19(24)23-20-17(12-22)16-6-4-3-5-7-18(16)28-20/h8-11H,2-7,13H2,1H3,(H,23,24). The van der Waals surface area contributed by atoms with Crippen LogP contribution in [-0.4, -0.2) is 25.1 Å². The van der Waals surface area contributed by atoms with Gasteiger partial charge in [0.2, 0.25) is 0 Å². The van der Waals surface area contributed by atoms with Gasteiger partial charge < -0.3 is 14.8 Å². The molecule has 1 N–H and O–H groups in total. The number of nitrogens with one attached hydrogen (secondary N) is 1. The van der Waals surface area contributed by atoms with E-state index < -0.39 is 18.5 Å². The maximum absolute atomic E-state index is 12.2. The number of carbonyl (C=O) groups is 2. The van der Waals surface area contributed by atoms with Crippen LogP contribution in [0.4, 0.5) is 5.00 Å². The molecule has 1 aromatic heterocycles. The van der Waals surface area contributed by atoms with Crippen molar-refractivity contribution in [2.75, 3.05) is 18.5 Å². The van der Waals surface area contributed by atoms with Crippen LogP contribution in [0.15, 0.2) is 24.3 Å². The lowest BCUT2D eigenvalue weighted by Gasteiger charge is -2.07. The summed E-state index contributed by atoms with van der Waals surface area (Å²) < 4.78 is 10.4. The first-order valence-electron chi connectivity index (χ1n) is 9.36. The Morgan fingerprint density at radius 3 is 2.64 bits per heavy atom. The second kappa shape index (κ2) is 9.38. The number of aryl methyl sites for hydroxylation is 1. The van der Waals surface area contributed by atoms with E-state index in [0.717, 1.165) is 37.7 Å². The average Bonchev–Trinajstić information content (AvgIpc) is 2.86. The lowest BCUT2D eigenvalue weighted by molar-refractivity contribution is -0.119. The molecule has 0 saturated heterocycles. The highest BCUT2D eigenvalue weighted by Crippen LogP contribution is 2.36. The van der Waals surface area contributed by atoms with Crippen molar-refractivity contribution in [1.82, 2.24) is 0 Å². The van der Waals surface area contributed by atoms with Crippen LogP contribution in [0.25, 0.3) is 0 Å². The molecule has 0 fully saturated rings. The van der Waals surface area contributed by atoms with Gasteiger partial charge in [-0.1, -0.05) is 6.42 Å². The second-order valence-electron chi connectivity index (χ2n) is 6.46. The molecular weight excluding hydrogens is 376 g/mol. The molecule has 1 aliphatic rings. The minimum absolute atomic E-state index is 0.344. The van der Waals surface area contributed by atoms with E-state index in [4.69, 9.17) is 9.47 Å². The Labute approximate surface area is 168 Å². The van der Waals surface area contributed by atoms with E-state index in [1.807, 2.05) is 6.92 Å². The molecule has 1 heterocycles. The minimum Gasteiger partial charge on any atom is -0.494 e. The zero-order chi connectivity index (χ0) is 19.9. The van der Waals surface area contributed by atoms with Crippen LogP contribution < -0.4 is 10.1 Å². The molecule has 7 heteroatoms. The quantitative estimate of drug-likeness (QED) is 0.585. The number of benzene rings is 1. The van der Waals surface area contributed by atoms with Crippen LogP contribution in [0.2, 0.25) is 0 Å². The van der Waals surface area contributed by atoms with Crippen LogP contribution in [0.1, 0.15) is 52.5 Å². The lowest BCUT2D eigenvalue weighted by Crippen LogP contribution is -2.20. The van der Waals surface area contributed by atoms with Crippen molar-refractivity contribution in [3.05, 3.63) is 45.8 Å². The highest BCUT2D eigenvalue weighted by molar-refractivity contribution is 7.16. The van der Waals surface area contributed by atoms with Gasteiger partial charge in [0.15, 0.2) is 6.61 Å². The zero-order valence-corrected chi connectivity index (χ0v) is 16.6. The van der Waals surface area contributed by atoms with Crippen molar-refractivity contribution >= 4 is 28.2 Å². The number of nitriles is 1. The number of thiophene rings is 1. The molecule has 0 aliphatic heterocycles. The zero-order valence-electron chi connectivity index (χ0n) is 15.7. The molecule has 0 unspecified atom stereocenters. The lowest BCUT2D eigenvalue weighted by atomic mass is 10.1. The number of rotatable bonds is 6. The summed E-state index contributed by atoms with van der Waals surface area (Å²) in [6, 6.07) is 8.76. The SMILES string of the molecule is CCOc1ccc(C(=O)OCC(=O)Nc2sc3c(c2C#N)CCCCC3)cc1. The first kappa shape index (κ1) is 19.9. The normalized spacial score (nSPS) is 13.0. The number of esters is 1. The summed E-state index contributed by atoms with van der Waals surface area (Å²) in [6.45, 7) is 2.02. The Hall–Kier alpha value is -2.85. The number of fused-ring (bicyclic) bond motifs is 1. The molecule has 1 aromatic carbocycles. The minimum atomic E-state index is -0.583. The average molecular weight is 398 g/mol. The van der Waals surface area contributed by atoms with Gasteiger partial charge in [-0.15, -0.1) is 11.3 Å². The number of hydrogen-bond acceptors (Lipinski definition) is 6. The van der Waals surface area contributed by atoms with Crippen LogP contribution >= 0.6 is 11.3 Å². The van der Waals surface area contributed by atoms with E-state index in [9.17, 15) is 14.9 Å². The van der Waals surface area contributed by atoms with Gasteiger partial charge in [-0.2, -0.15) is 5.26 Å². The number of nitrogens with zero attached hydrogens (tertiary/aromatic N) is 1. The summed E-state index contributed by atoms with van der Waals surface area (Å²) in [7, 11) is 0. The van der Waals surface area contributed by atoms with Gasteiger partial charge in [-0.25, -0.2) is 4.79 Å². The summed E-state index contributed by atoms with van der Waals surface area (Å²) in [6.07, 6.45) is 5.14. The molecule has 1 amide bonds. The third-order valence-corrected chi connectivity index (χ3v) is 5.73. The van der Waals surface area contributed by atoms with Crippen LogP contribution in [0.3, 0.4) is 0 Å². The third-order valence-electron chi connectivity index (χ3n) is 4.52. The van der Waals surface area contributed by atoms with Crippen LogP contribution in [-0.2, 0) is 22.4 Å². The van der Waals surface area contributed by atoms with E-state index >= 15 is 0 Å². The Kier molecular flexibility index (Phi) is 6.66. The molecule has 146 valence electrons. The smallest absolute Gasteiger partial charge is 0.338 e. The van der Waals surface area contributed by atoms with Crippen molar-refractivity contribution in [3.63, 3.8) is 0 Å². The third kappa shape index (κ3) is 4.70. The summed E-state index contributed by atoms with van der Waals surface area (Å²) in [5.41, 5.74) is 1.96. The molecule has 3 rings (SSSR count). The topological polar surface area (TPSA) is 88.4 Å². The molecular formula is C21H22N2O4S. The Morgan fingerprint density at radius 2 is 1.93 bits per heavy atom. The highest BCUT2D eigenvalue weighted by atomic mass is 32.1. The largest absolute Gasteiger partial charge is 0.494 e. The van der Waals surface area contributed by atoms with Crippen molar-refractivity contribution in [1.29, 1.82) is 5.26 Å². The van der Waals surface area contributed by atoms with Crippen LogP contribution in [0, 0.1) is 11.3 Å². The number of carbonyl (C=O) groups excluding carboxylic acids is 2. The van der Waals surface area contributed by atoms with Crippen molar-refractivity contribution in [3.8, 4) is 11.8 Å². The number of ether oxygens (including phenoxy) is 2. The molecule has 0 bridgehead atoms. The van der Waals surface area contributed by atoms with Gasteiger partial charge in [-0.3, -0.25) is 4.79 Å². The molecule has 0 atom stereocenters. The molecule has 0 radical (unpaired) electrons. The number of hydrogen-bond donors (Lipinski definition) is 1. The van der Waals surface area contributed by atoms with Gasteiger partial charge in [-0.05, 0) is 62.4 Å². The molecule has 0 spiro atoms. The van der Waals surface area contributed by atoms with E-state index in [1.165, 1.54) is 16.2 Å². The van der Waals surface area contributed by atoms with Gasteiger partial charge in [0.25, 0.3) is 5.91 Å². The molecule has 28 heavy (non-hydrogen) atoms. The fourth-order valence-corrected chi connectivity index (χ4v) is 4.44. The fourth-order valence-electron chi connectivity index (χ4n) is 3.18. The molecule has 6 nitrogen and oxygen atoms in total. The fraction of sp³-hybridized carbons (Fsp3) is 0.381. The Balaban J connectivity index is 1.58. The summed E-state index contributed by atoms with van der Waals surface area (Å²) in [5.74, 6) is -0.369. The molecule has 2 aromatic rings. The monoisotopic (exact) mass is 398 g/mol. The predicted molar refractivity (Wildman–Crippen MR) is 107 cm³/mol. The summed E-state index contributed by atoms with van der Waals surface area (Å²) in [4.78, 5) is 25.5. The van der Waals surface area contributed by atoms with Crippen molar-refractivity contribution < 1.29 is 19.1 Å². The first-order valence-corrected chi connectivity index (χ1v) is 10.2. The van der Waals surface area contributed by atoms with E-state index in [-0.39, 0.29) is 0 Å². The van der Waals surface area contributed by atoms with Gasteiger partial charge in [0.1, 0.15) is 16.8 Å². The predicted octanol–water partition coefficient (Wildman–Crippen LogP) is 4.08. The number of amides is 1. The maximum Gasteiger partial charge on any atom is 0.338 e. The van der Waals surface area contributed by atoms with Crippen molar-refractivity contribution in [2.45, 2.75) is 39.0 Å². The maximum atomic E-state index is 12.2. The van der Waals surface area contributed by atoms with Gasteiger partial charge in [0, 0.05) is 4.88 Å².